The largest absolute Gasteiger partial charge is 0.343 e. The third-order valence-electron chi connectivity index (χ3n) is 3.05. The molecule has 0 aliphatic heterocycles. The van der Waals surface area contributed by atoms with Crippen molar-refractivity contribution in [2.24, 2.45) is 7.05 Å². The maximum Gasteiger partial charge on any atom is 0.254 e. The molecule has 0 spiro atoms. The first-order valence-corrected chi connectivity index (χ1v) is 6.74. The number of benzene rings is 1. The van der Waals surface area contributed by atoms with Crippen molar-refractivity contribution in [2.75, 3.05) is 11.9 Å². The van der Waals surface area contributed by atoms with Crippen LogP contribution in [0.25, 0.3) is 0 Å². The van der Waals surface area contributed by atoms with Crippen LogP contribution in [-0.4, -0.2) is 28.1 Å². The lowest BCUT2D eigenvalue weighted by atomic mass is 10.1. The van der Waals surface area contributed by atoms with E-state index in [1.165, 1.54) is 10.9 Å². The zero-order valence-electron chi connectivity index (χ0n) is 12.1. The number of hydrogen-bond acceptors (Lipinski definition) is 3. The standard InChI is InChI=1S/C15H18N4O2/c1-3-11-6-4-5-7-13(11)18-14(20)9-16-15(21)12-8-17-19(2)10-12/h4-8,10H,3,9H2,1-2H3,(H,16,21)(H,18,20). The number of aryl methyl sites for hydroxylation is 2. The Morgan fingerprint density at radius 2 is 2.05 bits per heavy atom. The smallest absolute Gasteiger partial charge is 0.254 e. The van der Waals surface area contributed by atoms with Crippen molar-refractivity contribution >= 4 is 17.5 Å². The Hall–Kier alpha value is -2.63. The molecule has 0 saturated heterocycles. The van der Waals surface area contributed by atoms with E-state index in [-0.39, 0.29) is 18.4 Å². The van der Waals surface area contributed by atoms with Crippen LogP contribution in [0, 0.1) is 0 Å². The number of carbonyl (C=O) groups excluding carboxylic acids is 2. The van der Waals surface area contributed by atoms with E-state index >= 15 is 0 Å². The second-order valence-electron chi connectivity index (χ2n) is 4.64. The lowest BCUT2D eigenvalue weighted by Crippen LogP contribution is -2.32. The fourth-order valence-corrected chi connectivity index (χ4v) is 1.95. The summed E-state index contributed by atoms with van der Waals surface area (Å²) in [5, 5.41) is 9.27. The highest BCUT2D eigenvalue weighted by atomic mass is 16.2. The molecule has 1 aromatic carbocycles. The summed E-state index contributed by atoms with van der Waals surface area (Å²) in [6, 6.07) is 7.60. The Bertz CT molecular complexity index is 649. The number of rotatable bonds is 5. The second kappa shape index (κ2) is 6.69. The van der Waals surface area contributed by atoms with Crippen molar-refractivity contribution in [2.45, 2.75) is 13.3 Å². The van der Waals surface area contributed by atoms with Crippen molar-refractivity contribution in [3.63, 3.8) is 0 Å². The van der Waals surface area contributed by atoms with Gasteiger partial charge in [-0.15, -0.1) is 0 Å². The highest BCUT2D eigenvalue weighted by Gasteiger charge is 2.10. The van der Waals surface area contributed by atoms with Gasteiger partial charge in [0.15, 0.2) is 0 Å². The van der Waals surface area contributed by atoms with Gasteiger partial charge in [-0.3, -0.25) is 14.3 Å². The first kappa shape index (κ1) is 14.8. The molecule has 0 unspecified atom stereocenters. The van der Waals surface area contributed by atoms with Gasteiger partial charge in [0.05, 0.1) is 18.3 Å². The third-order valence-corrected chi connectivity index (χ3v) is 3.05. The number of nitrogens with one attached hydrogen (secondary N) is 2. The van der Waals surface area contributed by atoms with Crippen LogP contribution in [0.4, 0.5) is 5.69 Å². The van der Waals surface area contributed by atoms with Gasteiger partial charge in [-0.1, -0.05) is 25.1 Å². The molecule has 0 bridgehead atoms. The van der Waals surface area contributed by atoms with E-state index in [4.69, 9.17) is 0 Å². The molecule has 21 heavy (non-hydrogen) atoms. The van der Waals surface area contributed by atoms with Crippen molar-refractivity contribution < 1.29 is 9.59 Å². The monoisotopic (exact) mass is 286 g/mol. The van der Waals surface area contributed by atoms with Crippen LogP contribution < -0.4 is 10.6 Å². The number of aromatic nitrogens is 2. The molecular weight excluding hydrogens is 268 g/mol. The maximum absolute atomic E-state index is 11.9. The van der Waals surface area contributed by atoms with E-state index in [9.17, 15) is 9.59 Å². The minimum atomic E-state index is -0.318. The van der Waals surface area contributed by atoms with Crippen molar-refractivity contribution in [3.05, 3.63) is 47.8 Å². The van der Waals surface area contributed by atoms with Crippen LogP contribution in [0.3, 0.4) is 0 Å². The molecule has 0 fully saturated rings. The topological polar surface area (TPSA) is 76.0 Å². The zero-order valence-corrected chi connectivity index (χ0v) is 12.1. The SMILES string of the molecule is CCc1ccccc1NC(=O)CNC(=O)c1cnn(C)c1. The molecule has 1 heterocycles. The second-order valence-corrected chi connectivity index (χ2v) is 4.64. The molecule has 2 amide bonds. The minimum absolute atomic E-state index is 0.0776. The summed E-state index contributed by atoms with van der Waals surface area (Å²) < 4.78 is 1.53. The fraction of sp³-hybridized carbons (Fsp3) is 0.267. The van der Waals surface area contributed by atoms with Crippen LogP contribution in [-0.2, 0) is 18.3 Å². The summed E-state index contributed by atoms with van der Waals surface area (Å²) in [6.07, 6.45) is 3.89. The lowest BCUT2D eigenvalue weighted by molar-refractivity contribution is -0.115. The van der Waals surface area contributed by atoms with Gasteiger partial charge in [-0.05, 0) is 18.1 Å². The summed E-state index contributed by atoms with van der Waals surface area (Å²) in [4.78, 5) is 23.7. The number of hydrogen-bond donors (Lipinski definition) is 2. The summed E-state index contributed by atoms with van der Waals surface area (Å²) in [5.41, 5.74) is 2.27. The first-order valence-electron chi connectivity index (χ1n) is 6.74. The van der Waals surface area contributed by atoms with Gasteiger partial charge in [0.2, 0.25) is 5.91 Å². The molecule has 2 rings (SSSR count). The normalized spacial score (nSPS) is 10.2. The van der Waals surface area contributed by atoms with Gasteiger partial charge in [0.1, 0.15) is 0 Å². The molecule has 2 N–H and O–H groups in total. The first-order chi connectivity index (χ1) is 10.1. The number of amides is 2. The van der Waals surface area contributed by atoms with Crippen LogP contribution in [0.2, 0.25) is 0 Å². The van der Waals surface area contributed by atoms with Gasteiger partial charge in [-0.2, -0.15) is 5.10 Å². The molecule has 6 heteroatoms. The Labute approximate surface area is 123 Å². The number of anilines is 1. The van der Waals surface area contributed by atoms with Gasteiger partial charge >= 0.3 is 0 Å². The van der Waals surface area contributed by atoms with Gasteiger partial charge in [-0.25, -0.2) is 0 Å². The number of nitrogens with zero attached hydrogens (tertiary/aromatic N) is 2. The van der Waals surface area contributed by atoms with Gasteiger partial charge < -0.3 is 10.6 Å². The molecular formula is C15H18N4O2. The summed E-state index contributed by atoms with van der Waals surface area (Å²) in [5.74, 6) is -0.574. The molecule has 0 saturated carbocycles. The molecule has 2 aromatic rings. The van der Waals surface area contributed by atoms with Gasteiger partial charge in [0.25, 0.3) is 5.91 Å². The minimum Gasteiger partial charge on any atom is -0.343 e. The Morgan fingerprint density at radius 1 is 1.29 bits per heavy atom. The predicted octanol–water partition coefficient (Wildman–Crippen LogP) is 1.35. The van der Waals surface area contributed by atoms with E-state index in [1.807, 2.05) is 31.2 Å². The summed E-state index contributed by atoms with van der Waals surface area (Å²) in [6.45, 7) is 1.95. The highest BCUT2D eigenvalue weighted by Crippen LogP contribution is 2.14. The zero-order chi connectivity index (χ0) is 15.2. The highest BCUT2D eigenvalue weighted by molar-refractivity contribution is 5.99. The summed E-state index contributed by atoms with van der Waals surface area (Å²) in [7, 11) is 1.73. The van der Waals surface area contributed by atoms with Crippen LogP contribution >= 0.6 is 0 Å². The lowest BCUT2D eigenvalue weighted by Gasteiger charge is -2.10. The van der Waals surface area contributed by atoms with E-state index in [0.29, 0.717) is 5.56 Å². The predicted molar refractivity (Wildman–Crippen MR) is 80.0 cm³/mol. The molecule has 0 radical (unpaired) electrons. The van der Waals surface area contributed by atoms with E-state index < -0.39 is 0 Å². The van der Waals surface area contributed by atoms with E-state index in [0.717, 1.165) is 17.7 Å². The quantitative estimate of drug-likeness (QED) is 0.871. The fourth-order valence-electron chi connectivity index (χ4n) is 1.95. The molecule has 0 atom stereocenters. The van der Waals surface area contributed by atoms with Crippen LogP contribution in [0.5, 0.6) is 0 Å². The average molecular weight is 286 g/mol. The third kappa shape index (κ3) is 3.92. The van der Waals surface area contributed by atoms with Crippen LogP contribution in [0.1, 0.15) is 22.8 Å². The van der Waals surface area contributed by atoms with Crippen molar-refractivity contribution in [3.8, 4) is 0 Å². The van der Waals surface area contributed by atoms with Crippen molar-refractivity contribution in [1.82, 2.24) is 15.1 Å². The molecule has 0 aliphatic carbocycles. The molecule has 1 aromatic heterocycles. The maximum atomic E-state index is 11.9. The number of carbonyl (C=O) groups is 2. The van der Waals surface area contributed by atoms with E-state index in [2.05, 4.69) is 15.7 Å². The summed E-state index contributed by atoms with van der Waals surface area (Å²) >= 11 is 0. The van der Waals surface area contributed by atoms with Crippen molar-refractivity contribution in [1.29, 1.82) is 0 Å². The average Bonchev–Trinajstić information content (AvgIpc) is 2.92. The molecule has 110 valence electrons. The Morgan fingerprint density at radius 3 is 2.71 bits per heavy atom. The number of para-hydroxylation sites is 1. The van der Waals surface area contributed by atoms with Gasteiger partial charge in [0, 0.05) is 18.9 Å². The Balaban J connectivity index is 1.89. The molecule has 6 nitrogen and oxygen atoms in total. The molecule has 0 aliphatic rings. The van der Waals surface area contributed by atoms with Crippen LogP contribution in [0.15, 0.2) is 36.7 Å². The Kier molecular flexibility index (Phi) is 4.71. The van der Waals surface area contributed by atoms with E-state index in [1.54, 1.807) is 13.2 Å².